The number of hydrogen-bond donors (Lipinski definition) is 1. The number of aryl methyl sites for hydroxylation is 1. The van der Waals surface area contributed by atoms with Gasteiger partial charge in [-0.25, -0.2) is 4.39 Å². The summed E-state index contributed by atoms with van der Waals surface area (Å²) in [4.78, 5) is 10.8. The molecule has 1 unspecified atom stereocenters. The number of halogens is 2. The minimum absolute atomic E-state index is 0.292. The van der Waals surface area contributed by atoms with Crippen LogP contribution < -0.4 is 5.11 Å². The Kier molecular flexibility index (Phi) is 2.69. The average molecular weight is 327 g/mol. The van der Waals surface area contributed by atoms with E-state index in [2.05, 4.69) is 15.9 Å². The highest BCUT2D eigenvalue weighted by Crippen LogP contribution is 2.41. The third-order valence-corrected chi connectivity index (χ3v) is 4.25. The molecule has 0 fully saturated rings. The first-order chi connectivity index (χ1) is 8.90. The van der Waals surface area contributed by atoms with Crippen LogP contribution in [0.25, 0.3) is 10.9 Å². The maximum atomic E-state index is 13.4. The molecule has 0 saturated carbocycles. The van der Waals surface area contributed by atoms with E-state index < -0.39 is 18.0 Å². The average Bonchev–Trinajstić information content (AvgIpc) is 2.78. The minimum Gasteiger partial charge on any atom is -0.550 e. The van der Waals surface area contributed by atoms with E-state index in [1.807, 2.05) is 0 Å². The Morgan fingerprint density at radius 3 is 2.95 bits per heavy atom. The van der Waals surface area contributed by atoms with Gasteiger partial charge < -0.3 is 19.6 Å². The number of aliphatic hydroxyl groups is 1. The van der Waals surface area contributed by atoms with E-state index in [0.29, 0.717) is 28.6 Å². The van der Waals surface area contributed by atoms with Gasteiger partial charge >= 0.3 is 0 Å². The van der Waals surface area contributed by atoms with Gasteiger partial charge in [0.2, 0.25) is 0 Å². The lowest BCUT2D eigenvalue weighted by atomic mass is 9.94. The van der Waals surface area contributed by atoms with Crippen LogP contribution in [-0.4, -0.2) is 15.6 Å². The smallest absolute Gasteiger partial charge is 0.126 e. The molecule has 1 atom stereocenters. The molecule has 1 aromatic heterocycles. The zero-order valence-electron chi connectivity index (χ0n) is 9.82. The highest BCUT2D eigenvalue weighted by atomic mass is 79.9. The van der Waals surface area contributed by atoms with Crippen molar-refractivity contribution in [2.45, 2.75) is 25.0 Å². The van der Waals surface area contributed by atoms with Crippen molar-refractivity contribution < 1.29 is 19.4 Å². The van der Waals surface area contributed by atoms with Gasteiger partial charge in [0.25, 0.3) is 0 Å². The maximum Gasteiger partial charge on any atom is 0.126 e. The SMILES string of the molecule is O=C([O-])CC1(O)CCn2c1cc1c(Br)cc(F)cc12. The van der Waals surface area contributed by atoms with Crippen LogP contribution in [0.4, 0.5) is 4.39 Å². The van der Waals surface area contributed by atoms with E-state index in [-0.39, 0.29) is 5.82 Å². The number of nitrogens with zero attached hydrogens (tertiary/aromatic N) is 1. The van der Waals surface area contributed by atoms with Crippen molar-refractivity contribution in [2.24, 2.45) is 0 Å². The molecular weight excluding hydrogens is 317 g/mol. The van der Waals surface area contributed by atoms with Crippen LogP contribution in [0.15, 0.2) is 22.7 Å². The number of rotatable bonds is 2. The standard InChI is InChI=1S/C13H11BrFNO3/c14-9-3-7(15)4-10-8(9)5-11-13(19,6-12(17)18)1-2-16(10)11/h3-5,19H,1-2,6H2,(H,17,18)/p-1. The summed E-state index contributed by atoms with van der Waals surface area (Å²) in [6.07, 6.45) is -0.163. The number of carbonyl (C=O) groups excluding carboxylic acids is 1. The van der Waals surface area contributed by atoms with Crippen LogP contribution in [0.3, 0.4) is 0 Å². The van der Waals surface area contributed by atoms with Crippen LogP contribution in [0.5, 0.6) is 0 Å². The molecule has 2 aromatic rings. The summed E-state index contributed by atoms with van der Waals surface area (Å²) in [5, 5.41) is 21.9. The lowest BCUT2D eigenvalue weighted by Crippen LogP contribution is -2.33. The Balaban J connectivity index is 2.22. The number of fused-ring (bicyclic) bond motifs is 3. The molecule has 0 aliphatic carbocycles. The second-order valence-electron chi connectivity index (χ2n) is 4.83. The monoisotopic (exact) mass is 326 g/mol. The van der Waals surface area contributed by atoms with Crippen LogP contribution in [0.2, 0.25) is 0 Å². The molecule has 0 radical (unpaired) electrons. The zero-order chi connectivity index (χ0) is 13.8. The quantitative estimate of drug-likeness (QED) is 0.904. The fourth-order valence-corrected chi connectivity index (χ4v) is 3.29. The third-order valence-electron chi connectivity index (χ3n) is 3.60. The molecule has 0 spiro atoms. The summed E-state index contributed by atoms with van der Waals surface area (Å²) in [6.45, 7) is 0.457. The van der Waals surface area contributed by atoms with Gasteiger partial charge in [-0.15, -0.1) is 0 Å². The molecule has 0 saturated heterocycles. The number of aromatic nitrogens is 1. The molecule has 3 rings (SSSR count). The second kappa shape index (κ2) is 4.05. The van der Waals surface area contributed by atoms with E-state index in [9.17, 15) is 19.4 Å². The Bertz CT molecular complexity index is 697. The van der Waals surface area contributed by atoms with Crippen LogP contribution in [-0.2, 0) is 16.9 Å². The molecule has 1 N–H and O–H groups in total. The molecule has 0 bridgehead atoms. The summed E-state index contributed by atoms with van der Waals surface area (Å²) < 4.78 is 15.8. The molecule has 6 heteroatoms. The molecule has 1 aliphatic heterocycles. The summed E-state index contributed by atoms with van der Waals surface area (Å²) in [7, 11) is 0. The van der Waals surface area contributed by atoms with Crippen molar-refractivity contribution in [1.82, 2.24) is 4.57 Å². The van der Waals surface area contributed by atoms with E-state index in [4.69, 9.17) is 0 Å². The number of carboxylic acids is 1. The fraction of sp³-hybridized carbons (Fsp3) is 0.308. The van der Waals surface area contributed by atoms with E-state index in [0.717, 1.165) is 5.39 Å². The summed E-state index contributed by atoms with van der Waals surface area (Å²) in [6, 6.07) is 4.43. The Labute approximate surface area is 116 Å². The van der Waals surface area contributed by atoms with Crippen molar-refractivity contribution in [3.63, 3.8) is 0 Å². The summed E-state index contributed by atoms with van der Waals surface area (Å²) >= 11 is 3.27. The molecule has 100 valence electrons. The van der Waals surface area contributed by atoms with Gasteiger partial charge in [0.15, 0.2) is 0 Å². The third kappa shape index (κ3) is 1.86. The number of carbonyl (C=O) groups is 1. The van der Waals surface area contributed by atoms with Gasteiger partial charge in [-0.3, -0.25) is 0 Å². The maximum absolute atomic E-state index is 13.4. The predicted octanol–water partition coefficient (Wildman–Crippen LogP) is 1.27. The van der Waals surface area contributed by atoms with Gasteiger partial charge in [0, 0.05) is 35.2 Å². The Morgan fingerprint density at radius 1 is 1.53 bits per heavy atom. The molecule has 2 heterocycles. The van der Waals surface area contributed by atoms with Crippen molar-refractivity contribution in [3.8, 4) is 0 Å². The molecule has 1 aromatic carbocycles. The van der Waals surface area contributed by atoms with Crippen molar-refractivity contribution in [3.05, 3.63) is 34.2 Å². The number of hydrogen-bond acceptors (Lipinski definition) is 3. The number of benzene rings is 1. The van der Waals surface area contributed by atoms with Gasteiger partial charge in [-0.2, -0.15) is 0 Å². The first-order valence-corrected chi connectivity index (χ1v) is 6.61. The second-order valence-corrected chi connectivity index (χ2v) is 5.69. The number of carboxylic acid groups (broad SMARTS) is 1. The molecule has 0 amide bonds. The molecule has 19 heavy (non-hydrogen) atoms. The lowest BCUT2D eigenvalue weighted by Gasteiger charge is -2.22. The zero-order valence-corrected chi connectivity index (χ0v) is 11.4. The topological polar surface area (TPSA) is 65.3 Å². The lowest BCUT2D eigenvalue weighted by molar-refractivity contribution is -0.309. The molecule has 4 nitrogen and oxygen atoms in total. The van der Waals surface area contributed by atoms with E-state index >= 15 is 0 Å². The highest BCUT2D eigenvalue weighted by Gasteiger charge is 2.38. The van der Waals surface area contributed by atoms with Crippen molar-refractivity contribution in [2.75, 3.05) is 0 Å². The normalized spacial score (nSPS) is 21.8. The van der Waals surface area contributed by atoms with Crippen molar-refractivity contribution >= 4 is 32.8 Å². The van der Waals surface area contributed by atoms with Crippen LogP contribution in [0, 0.1) is 5.82 Å². The summed E-state index contributed by atoms with van der Waals surface area (Å²) in [5.41, 5.74) is -0.289. The van der Waals surface area contributed by atoms with Crippen LogP contribution >= 0.6 is 15.9 Å². The van der Waals surface area contributed by atoms with Crippen LogP contribution in [0.1, 0.15) is 18.5 Å². The number of aliphatic carboxylic acids is 1. The van der Waals surface area contributed by atoms with Gasteiger partial charge in [0.05, 0.1) is 11.2 Å². The van der Waals surface area contributed by atoms with Gasteiger partial charge in [-0.1, -0.05) is 0 Å². The van der Waals surface area contributed by atoms with Gasteiger partial charge in [-0.05, 0) is 34.1 Å². The first-order valence-electron chi connectivity index (χ1n) is 5.82. The van der Waals surface area contributed by atoms with E-state index in [1.165, 1.54) is 12.1 Å². The fourth-order valence-electron chi connectivity index (χ4n) is 2.75. The first kappa shape index (κ1) is 12.6. The Morgan fingerprint density at radius 2 is 2.26 bits per heavy atom. The Hall–Kier alpha value is -1.40. The van der Waals surface area contributed by atoms with Gasteiger partial charge in [0.1, 0.15) is 11.4 Å². The van der Waals surface area contributed by atoms with Crippen molar-refractivity contribution in [1.29, 1.82) is 0 Å². The van der Waals surface area contributed by atoms with E-state index in [1.54, 1.807) is 10.6 Å². The summed E-state index contributed by atoms with van der Waals surface area (Å²) in [5.74, 6) is -1.68. The molecular formula is C13H10BrFNO3-. The largest absolute Gasteiger partial charge is 0.550 e. The highest BCUT2D eigenvalue weighted by molar-refractivity contribution is 9.10. The molecule has 1 aliphatic rings. The predicted molar refractivity (Wildman–Crippen MR) is 67.7 cm³/mol. The minimum atomic E-state index is -1.44.